The Morgan fingerprint density at radius 1 is 1.40 bits per heavy atom. The quantitative estimate of drug-likeness (QED) is 0.287. The molecule has 2 heterocycles. The van der Waals surface area contributed by atoms with Crippen LogP contribution in [0, 0.1) is 11.8 Å². The van der Waals surface area contributed by atoms with Gasteiger partial charge in [-0.05, 0) is 6.42 Å². The van der Waals surface area contributed by atoms with Crippen molar-refractivity contribution in [2.75, 3.05) is 6.61 Å². The molecule has 1 saturated heterocycles. The summed E-state index contributed by atoms with van der Waals surface area (Å²) in [7, 11) is 1.99. The lowest BCUT2D eigenvalue weighted by atomic mass is 9.89. The summed E-state index contributed by atoms with van der Waals surface area (Å²) in [6, 6.07) is 9.62. The third kappa shape index (κ3) is 3.73. The lowest BCUT2D eigenvalue weighted by molar-refractivity contribution is -0.681. The van der Waals surface area contributed by atoms with E-state index in [4.69, 9.17) is 4.74 Å². The lowest BCUT2D eigenvalue weighted by Crippen LogP contribution is -2.36. The lowest BCUT2D eigenvalue weighted by Gasteiger charge is -2.10. The van der Waals surface area contributed by atoms with Gasteiger partial charge in [-0.3, -0.25) is 4.79 Å². The van der Waals surface area contributed by atoms with Crippen LogP contribution in [0.3, 0.4) is 0 Å². The van der Waals surface area contributed by atoms with Crippen LogP contribution in [0.1, 0.15) is 24.6 Å². The molecule has 2 atom stereocenters. The molecule has 0 spiro atoms. The molecule has 0 saturated carbocycles. The van der Waals surface area contributed by atoms with Crippen LogP contribution in [0.2, 0.25) is 0 Å². The van der Waals surface area contributed by atoms with Crippen molar-refractivity contribution in [2.24, 2.45) is 24.0 Å². The standard InChI is InChI=1S/C19H23N3O3/c1-3-17-15(12-25-19(17)23)9-16-10-22(13-21(16)2)11-18(20-24)14-7-5-4-6-8-14/h4-8,10,13,15,17H,3,9,11-12H2,1-2H3/p+1/b20-18+. The number of esters is 1. The number of benzene rings is 1. The van der Waals surface area contributed by atoms with E-state index in [1.165, 1.54) is 0 Å². The number of ether oxygens (including phenoxy) is 1. The van der Waals surface area contributed by atoms with E-state index in [2.05, 4.69) is 9.72 Å². The van der Waals surface area contributed by atoms with Gasteiger partial charge in [-0.15, -0.1) is 0 Å². The van der Waals surface area contributed by atoms with Gasteiger partial charge in [0.1, 0.15) is 24.1 Å². The Morgan fingerprint density at radius 3 is 2.84 bits per heavy atom. The molecule has 1 aromatic heterocycles. The zero-order valence-electron chi connectivity index (χ0n) is 14.6. The summed E-state index contributed by atoms with van der Waals surface area (Å²) in [6.45, 7) is 3.00. The molecule has 1 N–H and O–H groups in total. The van der Waals surface area contributed by atoms with E-state index < -0.39 is 0 Å². The van der Waals surface area contributed by atoms with Crippen molar-refractivity contribution >= 4 is 11.7 Å². The Hall–Kier alpha value is -2.63. The van der Waals surface area contributed by atoms with Crippen LogP contribution in [0.15, 0.2) is 48.0 Å². The number of rotatable bonds is 6. The van der Waals surface area contributed by atoms with E-state index in [0.29, 0.717) is 18.9 Å². The van der Waals surface area contributed by atoms with Crippen molar-refractivity contribution < 1.29 is 19.3 Å². The molecule has 0 amide bonds. The molecule has 1 aliphatic rings. The highest BCUT2D eigenvalue weighted by molar-refractivity contribution is 5.99. The Bertz CT molecular complexity index is 767. The van der Waals surface area contributed by atoms with Crippen LogP contribution < -0.4 is 4.57 Å². The van der Waals surface area contributed by atoms with Crippen molar-refractivity contribution in [3.63, 3.8) is 0 Å². The normalized spacial score (nSPS) is 20.7. The second-order valence-electron chi connectivity index (χ2n) is 6.54. The van der Waals surface area contributed by atoms with Crippen molar-refractivity contribution in [3.05, 3.63) is 54.1 Å². The molecule has 3 rings (SSSR count). The van der Waals surface area contributed by atoms with E-state index >= 15 is 0 Å². The molecule has 6 nitrogen and oxygen atoms in total. The van der Waals surface area contributed by atoms with Crippen LogP contribution in [0.4, 0.5) is 0 Å². The van der Waals surface area contributed by atoms with Crippen molar-refractivity contribution in [2.45, 2.75) is 26.3 Å². The number of aryl methyl sites for hydroxylation is 1. The Kier molecular flexibility index (Phi) is 5.16. The zero-order valence-corrected chi connectivity index (χ0v) is 14.6. The molecular weight excluding hydrogens is 318 g/mol. The number of aromatic nitrogens is 2. The number of nitrogens with zero attached hydrogens (tertiary/aromatic N) is 3. The number of cyclic esters (lactones) is 1. The van der Waals surface area contributed by atoms with Gasteiger partial charge < -0.3 is 9.94 Å². The number of carbonyl (C=O) groups is 1. The maximum atomic E-state index is 11.8. The Balaban J connectivity index is 1.73. The van der Waals surface area contributed by atoms with E-state index in [1.807, 2.05) is 61.4 Å². The predicted octanol–water partition coefficient (Wildman–Crippen LogP) is 1.93. The average Bonchev–Trinajstić information content (AvgIpc) is 3.16. The van der Waals surface area contributed by atoms with Crippen LogP contribution in [0.25, 0.3) is 0 Å². The largest absolute Gasteiger partial charge is 0.465 e. The number of hydrogen-bond donors (Lipinski definition) is 1. The summed E-state index contributed by atoms with van der Waals surface area (Å²) >= 11 is 0. The molecular formula is C19H24N3O3+. The van der Waals surface area contributed by atoms with Gasteiger partial charge in [-0.25, -0.2) is 9.13 Å². The number of oxime groups is 1. The maximum Gasteiger partial charge on any atom is 0.309 e. The summed E-state index contributed by atoms with van der Waals surface area (Å²) in [5.41, 5.74) is 2.63. The molecule has 2 aromatic rings. The van der Waals surface area contributed by atoms with Gasteiger partial charge in [-0.1, -0.05) is 42.4 Å². The zero-order chi connectivity index (χ0) is 17.8. The number of hydrogen-bond acceptors (Lipinski definition) is 4. The third-order valence-corrected chi connectivity index (χ3v) is 4.87. The van der Waals surface area contributed by atoms with Gasteiger partial charge in [0.15, 0.2) is 0 Å². The summed E-state index contributed by atoms with van der Waals surface area (Å²) in [6.07, 6.45) is 5.62. The third-order valence-electron chi connectivity index (χ3n) is 4.87. The van der Waals surface area contributed by atoms with Gasteiger partial charge in [-0.2, -0.15) is 0 Å². The highest BCUT2D eigenvalue weighted by Crippen LogP contribution is 2.27. The second kappa shape index (κ2) is 7.51. The van der Waals surface area contributed by atoms with E-state index in [1.54, 1.807) is 0 Å². The van der Waals surface area contributed by atoms with Crippen LogP contribution >= 0.6 is 0 Å². The predicted molar refractivity (Wildman–Crippen MR) is 92.3 cm³/mol. The first-order valence-corrected chi connectivity index (χ1v) is 8.59. The average molecular weight is 342 g/mol. The van der Waals surface area contributed by atoms with E-state index in [0.717, 1.165) is 24.1 Å². The summed E-state index contributed by atoms with van der Waals surface area (Å²) in [5.74, 6) is 0.134. The Labute approximate surface area is 147 Å². The topological polar surface area (TPSA) is 67.7 Å². The first kappa shape index (κ1) is 17.2. The van der Waals surface area contributed by atoms with Crippen LogP contribution in [0.5, 0.6) is 0 Å². The fourth-order valence-electron chi connectivity index (χ4n) is 3.45. The number of carbonyl (C=O) groups excluding carboxylic acids is 1. The monoisotopic (exact) mass is 342 g/mol. The van der Waals surface area contributed by atoms with Gasteiger partial charge in [0.05, 0.1) is 19.6 Å². The Morgan fingerprint density at radius 2 is 2.16 bits per heavy atom. The van der Waals surface area contributed by atoms with E-state index in [-0.39, 0.29) is 17.8 Å². The molecule has 0 aliphatic carbocycles. The highest BCUT2D eigenvalue weighted by atomic mass is 16.5. The van der Waals surface area contributed by atoms with Crippen LogP contribution in [-0.4, -0.2) is 28.1 Å². The summed E-state index contributed by atoms with van der Waals surface area (Å²) < 4.78 is 9.27. The summed E-state index contributed by atoms with van der Waals surface area (Å²) in [4.78, 5) is 11.8. The van der Waals surface area contributed by atoms with Crippen molar-refractivity contribution in [1.82, 2.24) is 4.57 Å². The minimum Gasteiger partial charge on any atom is -0.465 e. The highest BCUT2D eigenvalue weighted by Gasteiger charge is 2.36. The molecule has 1 aromatic carbocycles. The van der Waals surface area contributed by atoms with Gasteiger partial charge in [0, 0.05) is 17.9 Å². The molecule has 1 aliphatic heterocycles. The maximum absolute atomic E-state index is 11.8. The van der Waals surface area contributed by atoms with Gasteiger partial charge in [0.2, 0.25) is 6.33 Å². The summed E-state index contributed by atoms with van der Waals surface area (Å²) in [5, 5.41) is 12.8. The number of imidazole rings is 1. The first-order chi connectivity index (χ1) is 12.1. The fourth-order valence-corrected chi connectivity index (χ4v) is 3.45. The molecule has 2 unspecified atom stereocenters. The molecule has 1 fully saturated rings. The molecule has 132 valence electrons. The minimum absolute atomic E-state index is 0.0118. The second-order valence-corrected chi connectivity index (χ2v) is 6.54. The molecule has 0 bridgehead atoms. The van der Waals surface area contributed by atoms with Crippen molar-refractivity contribution in [1.29, 1.82) is 0 Å². The molecule has 25 heavy (non-hydrogen) atoms. The van der Waals surface area contributed by atoms with Gasteiger partial charge in [0.25, 0.3) is 0 Å². The first-order valence-electron chi connectivity index (χ1n) is 8.59. The van der Waals surface area contributed by atoms with E-state index in [9.17, 15) is 10.0 Å². The van der Waals surface area contributed by atoms with Crippen molar-refractivity contribution in [3.8, 4) is 0 Å². The molecule has 6 heteroatoms. The SMILES string of the molecule is CCC1C(=O)OCC1Cc1c[n+](C/C(=N\O)c2ccccc2)cn1C. The minimum atomic E-state index is -0.0756. The fraction of sp³-hybridized carbons (Fsp3) is 0.421. The van der Waals surface area contributed by atoms with Gasteiger partial charge >= 0.3 is 5.97 Å². The smallest absolute Gasteiger partial charge is 0.309 e. The van der Waals surface area contributed by atoms with Crippen LogP contribution in [-0.2, 0) is 29.5 Å². The molecule has 0 radical (unpaired) electrons.